The van der Waals surface area contributed by atoms with E-state index in [1.54, 1.807) is 7.11 Å². The van der Waals surface area contributed by atoms with Gasteiger partial charge in [0.2, 0.25) is 0 Å². The van der Waals surface area contributed by atoms with Gasteiger partial charge in [0.25, 0.3) is 0 Å². The minimum atomic E-state index is 0.154. The fourth-order valence-corrected chi connectivity index (χ4v) is 2.57. The molecule has 0 saturated heterocycles. The Morgan fingerprint density at radius 2 is 1.85 bits per heavy atom. The number of likely N-dealkylation sites (N-methyl/N-ethyl adjacent to an activating group) is 1. The van der Waals surface area contributed by atoms with Gasteiger partial charge < -0.3 is 10.1 Å². The summed E-state index contributed by atoms with van der Waals surface area (Å²) < 4.78 is 5.27. The molecular weight excluding hydrogens is 293 g/mol. The molecule has 2 aromatic rings. The van der Waals surface area contributed by atoms with Crippen LogP contribution >= 0.6 is 23.2 Å². The number of benzene rings is 2. The highest BCUT2D eigenvalue weighted by atomic mass is 35.5. The standard InChI is InChI=1S/C16H17Cl2NO/c1-19-15(9-11-5-3-4-6-13(11)17)12-7-8-14(18)16(10-12)20-2/h3-8,10,15,19H,9H2,1-2H3. The molecule has 4 heteroatoms. The number of halogens is 2. The topological polar surface area (TPSA) is 21.3 Å². The van der Waals surface area contributed by atoms with Crippen molar-refractivity contribution in [1.29, 1.82) is 0 Å². The molecule has 0 aliphatic carbocycles. The van der Waals surface area contributed by atoms with Crippen LogP contribution in [-0.4, -0.2) is 14.2 Å². The van der Waals surface area contributed by atoms with E-state index < -0.39 is 0 Å². The van der Waals surface area contributed by atoms with Gasteiger partial charge >= 0.3 is 0 Å². The highest BCUT2D eigenvalue weighted by molar-refractivity contribution is 6.32. The van der Waals surface area contributed by atoms with Crippen molar-refractivity contribution in [2.45, 2.75) is 12.5 Å². The van der Waals surface area contributed by atoms with Crippen LogP contribution in [0.25, 0.3) is 0 Å². The highest BCUT2D eigenvalue weighted by Gasteiger charge is 2.14. The van der Waals surface area contributed by atoms with Crippen LogP contribution in [0.3, 0.4) is 0 Å². The lowest BCUT2D eigenvalue weighted by atomic mass is 9.99. The van der Waals surface area contributed by atoms with Gasteiger partial charge in [0.05, 0.1) is 12.1 Å². The van der Waals surface area contributed by atoms with Crippen LogP contribution in [0.1, 0.15) is 17.2 Å². The van der Waals surface area contributed by atoms with Gasteiger partial charge in [0.1, 0.15) is 5.75 Å². The number of hydrogen-bond acceptors (Lipinski definition) is 2. The predicted molar refractivity (Wildman–Crippen MR) is 85.0 cm³/mol. The van der Waals surface area contributed by atoms with Gasteiger partial charge in [-0.3, -0.25) is 0 Å². The van der Waals surface area contributed by atoms with Crippen LogP contribution in [-0.2, 0) is 6.42 Å². The molecule has 106 valence electrons. The smallest absolute Gasteiger partial charge is 0.137 e. The number of rotatable bonds is 5. The van der Waals surface area contributed by atoms with Gasteiger partial charge in [-0.2, -0.15) is 0 Å². The van der Waals surface area contributed by atoms with E-state index in [4.69, 9.17) is 27.9 Å². The highest BCUT2D eigenvalue weighted by Crippen LogP contribution is 2.30. The molecule has 0 spiro atoms. The molecule has 0 aromatic heterocycles. The minimum Gasteiger partial charge on any atom is -0.495 e. The normalized spacial score (nSPS) is 12.2. The Hall–Kier alpha value is -1.22. The Balaban J connectivity index is 2.26. The van der Waals surface area contributed by atoms with E-state index >= 15 is 0 Å². The molecule has 2 rings (SSSR count). The van der Waals surface area contributed by atoms with E-state index in [9.17, 15) is 0 Å². The van der Waals surface area contributed by atoms with Crippen molar-refractivity contribution >= 4 is 23.2 Å². The van der Waals surface area contributed by atoms with Gasteiger partial charge in [0, 0.05) is 11.1 Å². The molecule has 0 amide bonds. The molecule has 2 nitrogen and oxygen atoms in total. The van der Waals surface area contributed by atoms with Gasteiger partial charge in [-0.05, 0) is 42.8 Å². The molecule has 0 saturated carbocycles. The first-order valence-electron chi connectivity index (χ1n) is 6.39. The summed E-state index contributed by atoms with van der Waals surface area (Å²) in [6.07, 6.45) is 0.807. The van der Waals surface area contributed by atoms with Crippen LogP contribution in [0.2, 0.25) is 10.0 Å². The summed E-state index contributed by atoms with van der Waals surface area (Å²) in [6, 6.07) is 13.9. The average Bonchev–Trinajstić information content (AvgIpc) is 2.47. The Kier molecular flexibility index (Phi) is 5.30. The van der Waals surface area contributed by atoms with Crippen LogP contribution in [0.5, 0.6) is 5.75 Å². The summed E-state index contributed by atoms with van der Waals surface area (Å²) in [5.41, 5.74) is 2.23. The third-order valence-electron chi connectivity index (χ3n) is 3.31. The summed E-state index contributed by atoms with van der Waals surface area (Å²) in [7, 11) is 3.55. The van der Waals surface area contributed by atoms with E-state index in [-0.39, 0.29) is 6.04 Å². The predicted octanol–water partition coefficient (Wildman–Crippen LogP) is 4.51. The first-order valence-corrected chi connectivity index (χ1v) is 7.15. The maximum atomic E-state index is 6.22. The zero-order valence-corrected chi connectivity index (χ0v) is 13.0. The van der Waals surface area contributed by atoms with Crippen LogP contribution in [0, 0.1) is 0 Å². The van der Waals surface area contributed by atoms with Crippen molar-refractivity contribution in [2.75, 3.05) is 14.2 Å². The maximum Gasteiger partial charge on any atom is 0.137 e. The summed E-state index contributed by atoms with van der Waals surface area (Å²) in [5, 5.41) is 4.71. The monoisotopic (exact) mass is 309 g/mol. The second kappa shape index (κ2) is 6.98. The Morgan fingerprint density at radius 1 is 1.10 bits per heavy atom. The van der Waals surface area contributed by atoms with E-state index in [1.807, 2.05) is 49.5 Å². The number of hydrogen-bond donors (Lipinski definition) is 1. The Morgan fingerprint density at radius 3 is 2.50 bits per heavy atom. The lowest BCUT2D eigenvalue weighted by Gasteiger charge is -2.18. The van der Waals surface area contributed by atoms with Crippen molar-refractivity contribution in [3.05, 3.63) is 63.6 Å². The molecule has 20 heavy (non-hydrogen) atoms. The van der Waals surface area contributed by atoms with Crippen LogP contribution in [0.15, 0.2) is 42.5 Å². The molecule has 1 atom stereocenters. The van der Waals surface area contributed by atoms with E-state index in [1.165, 1.54) is 0 Å². The molecule has 0 bridgehead atoms. The number of ether oxygens (including phenoxy) is 1. The lowest BCUT2D eigenvalue weighted by Crippen LogP contribution is -2.19. The van der Waals surface area contributed by atoms with E-state index in [0.717, 1.165) is 22.6 Å². The van der Waals surface area contributed by atoms with Crippen molar-refractivity contribution in [3.63, 3.8) is 0 Å². The zero-order chi connectivity index (χ0) is 14.5. The number of methoxy groups -OCH3 is 1. The van der Waals surface area contributed by atoms with E-state index in [2.05, 4.69) is 5.32 Å². The summed E-state index contributed by atoms with van der Waals surface area (Å²) in [4.78, 5) is 0. The van der Waals surface area contributed by atoms with Crippen molar-refractivity contribution in [3.8, 4) is 5.75 Å². The maximum absolute atomic E-state index is 6.22. The lowest BCUT2D eigenvalue weighted by molar-refractivity contribution is 0.413. The first kappa shape index (κ1) is 15.2. The van der Waals surface area contributed by atoms with Gasteiger partial charge in [-0.1, -0.05) is 47.5 Å². The Bertz CT molecular complexity index is 586. The number of nitrogens with one attached hydrogen (secondary N) is 1. The summed E-state index contributed by atoms with van der Waals surface area (Å²) >= 11 is 12.3. The third kappa shape index (κ3) is 3.45. The second-order valence-corrected chi connectivity index (χ2v) is 5.35. The molecular formula is C16H17Cl2NO. The molecule has 0 aliphatic heterocycles. The van der Waals surface area contributed by atoms with Gasteiger partial charge in [0.15, 0.2) is 0 Å². The molecule has 0 fully saturated rings. The largest absolute Gasteiger partial charge is 0.495 e. The quantitative estimate of drug-likeness (QED) is 0.877. The Labute approximate surface area is 129 Å². The first-order chi connectivity index (χ1) is 9.65. The van der Waals surface area contributed by atoms with E-state index in [0.29, 0.717) is 10.8 Å². The molecule has 1 N–H and O–H groups in total. The zero-order valence-electron chi connectivity index (χ0n) is 11.5. The molecule has 0 heterocycles. The summed E-state index contributed by atoms with van der Waals surface area (Å²) in [5.74, 6) is 0.684. The average molecular weight is 310 g/mol. The SMILES string of the molecule is CNC(Cc1ccccc1Cl)c1ccc(Cl)c(OC)c1. The fourth-order valence-electron chi connectivity index (χ4n) is 2.16. The third-order valence-corrected chi connectivity index (χ3v) is 3.99. The minimum absolute atomic E-state index is 0.154. The van der Waals surface area contributed by atoms with Crippen molar-refractivity contribution in [1.82, 2.24) is 5.32 Å². The van der Waals surface area contributed by atoms with Gasteiger partial charge in [-0.25, -0.2) is 0 Å². The van der Waals surface area contributed by atoms with Gasteiger partial charge in [-0.15, -0.1) is 0 Å². The molecule has 2 aromatic carbocycles. The molecule has 1 unspecified atom stereocenters. The second-order valence-electron chi connectivity index (χ2n) is 4.53. The summed E-state index contributed by atoms with van der Waals surface area (Å²) in [6.45, 7) is 0. The van der Waals surface area contributed by atoms with Crippen LogP contribution < -0.4 is 10.1 Å². The van der Waals surface area contributed by atoms with Crippen molar-refractivity contribution < 1.29 is 4.74 Å². The fraction of sp³-hybridized carbons (Fsp3) is 0.250. The molecule has 0 radical (unpaired) electrons. The van der Waals surface area contributed by atoms with Crippen molar-refractivity contribution in [2.24, 2.45) is 0 Å². The molecule has 0 aliphatic rings. The van der Waals surface area contributed by atoms with Crippen LogP contribution in [0.4, 0.5) is 0 Å².